The van der Waals surface area contributed by atoms with Crippen molar-refractivity contribution in [3.63, 3.8) is 0 Å². The van der Waals surface area contributed by atoms with Crippen LogP contribution in [0.5, 0.6) is 0 Å². The highest BCUT2D eigenvalue weighted by Gasteiger charge is 2.13. The third-order valence-electron chi connectivity index (χ3n) is 4.71. The maximum absolute atomic E-state index is 13.7. The molecule has 0 aliphatic heterocycles. The first kappa shape index (κ1) is 18.3. The van der Waals surface area contributed by atoms with Crippen molar-refractivity contribution < 1.29 is 9.18 Å². The molecule has 0 radical (unpaired) electrons. The van der Waals surface area contributed by atoms with Crippen LogP contribution in [0, 0.1) is 5.82 Å². The third-order valence-corrected chi connectivity index (χ3v) is 5.04. The molecular weight excluding hydrogens is 375 g/mol. The van der Waals surface area contributed by atoms with Gasteiger partial charge in [-0.1, -0.05) is 35.9 Å². The summed E-state index contributed by atoms with van der Waals surface area (Å²) in [6.07, 6.45) is 0. The fourth-order valence-corrected chi connectivity index (χ4v) is 3.64. The highest BCUT2D eigenvalue weighted by atomic mass is 35.5. The van der Waals surface area contributed by atoms with Gasteiger partial charge < -0.3 is 9.88 Å². The number of fused-ring (bicyclic) bond motifs is 1. The molecule has 3 nitrogen and oxygen atoms in total. The molecule has 0 unspecified atom stereocenters. The second-order valence-corrected chi connectivity index (χ2v) is 6.90. The van der Waals surface area contributed by atoms with E-state index in [-0.39, 0.29) is 11.7 Å². The maximum atomic E-state index is 13.7. The van der Waals surface area contributed by atoms with Gasteiger partial charge in [0.25, 0.3) is 5.91 Å². The molecule has 28 heavy (non-hydrogen) atoms. The van der Waals surface area contributed by atoms with Crippen LogP contribution in [0.4, 0.5) is 10.1 Å². The smallest absolute Gasteiger partial charge is 0.257 e. The number of nitrogens with one attached hydrogen (secondary N) is 1. The fraction of sp³-hybridized carbons (Fsp3) is 0.0870. The highest BCUT2D eigenvalue weighted by Crippen LogP contribution is 2.30. The molecule has 1 heterocycles. The van der Waals surface area contributed by atoms with E-state index >= 15 is 0 Å². The summed E-state index contributed by atoms with van der Waals surface area (Å²) in [5.74, 6) is -0.525. The number of amides is 1. The van der Waals surface area contributed by atoms with Crippen molar-refractivity contribution in [3.05, 3.63) is 89.2 Å². The van der Waals surface area contributed by atoms with Gasteiger partial charge in [-0.15, -0.1) is 0 Å². The minimum absolute atomic E-state index is 0.259. The second kappa shape index (κ2) is 7.49. The first-order valence-electron chi connectivity index (χ1n) is 9.02. The van der Waals surface area contributed by atoms with Crippen molar-refractivity contribution in [2.75, 3.05) is 5.32 Å². The van der Waals surface area contributed by atoms with Gasteiger partial charge in [-0.25, -0.2) is 4.39 Å². The molecule has 0 fully saturated rings. The Morgan fingerprint density at radius 3 is 2.61 bits per heavy atom. The molecule has 1 aromatic heterocycles. The van der Waals surface area contributed by atoms with E-state index in [4.69, 9.17) is 11.6 Å². The van der Waals surface area contributed by atoms with Crippen LogP contribution < -0.4 is 5.32 Å². The first-order chi connectivity index (χ1) is 13.6. The molecule has 0 bridgehead atoms. The number of benzene rings is 3. The molecule has 0 aliphatic rings. The summed E-state index contributed by atoms with van der Waals surface area (Å²) in [7, 11) is 0. The van der Waals surface area contributed by atoms with Crippen LogP contribution in [0.3, 0.4) is 0 Å². The van der Waals surface area contributed by atoms with Gasteiger partial charge in [0.1, 0.15) is 5.82 Å². The molecule has 5 heteroatoms. The summed E-state index contributed by atoms with van der Waals surface area (Å²) in [5.41, 5.74) is 3.89. The molecule has 0 atom stereocenters. The number of nitrogens with zero attached hydrogens (tertiary/aromatic N) is 1. The number of rotatable bonds is 4. The molecule has 0 saturated heterocycles. The van der Waals surface area contributed by atoms with Gasteiger partial charge >= 0.3 is 0 Å². The van der Waals surface area contributed by atoms with E-state index in [9.17, 15) is 9.18 Å². The molecule has 0 spiro atoms. The molecule has 3 aromatic carbocycles. The largest absolute Gasteiger partial charge is 0.341 e. The van der Waals surface area contributed by atoms with Gasteiger partial charge in [-0.3, -0.25) is 4.79 Å². The van der Waals surface area contributed by atoms with Crippen LogP contribution in [-0.4, -0.2) is 10.5 Å². The summed E-state index contributed by atoms with van der Waals surface area (Å²) >= 11 is 6.11. The van der Waals surface area contributed by atoms with E-state index in [0.717, 1.165) is 28.7 Å². The van der Waals surface area contributed by atoms with Crippen LogP contribution in [0.25, 0.3) is 22.2 Å². The lowest BCUT2D eigenvalue weighted by molar-refractivity contribution is 0.102. The summed E-state index contributed by atoms with van der Waals surface area (Å²) < 4.78 is 15.8. The van der Waals surface area contributed by atoms with E-state index in [1.54, 1.807) is 30.3 Å². The standard InChI is InChI=1S/C23H18ClFN2O/c1-2-27-21-11-10-18(26-23(28)19-8-3-4-9-20(19)24)13-16(21)14-22(27)15-6-5-7-17(25)12-15/h3-14H,2H2,1H3,(H,26,28). The fourth-order valence-electron chi connectivity index (χ4n) is 3.42. The predicted molar refractivity (Wildman–Crippen MR) is 112 cm³/mol. The molecule has 4 aromatic rings. The average molecular weight is 393 g/mol. The Morgan fingerprint density at radius 1 is 1.04 bits per heavy atom. The van der Waals surface area contributed by atoms with Crippen LogP contribution in [0.2, 0.25) is 5.02 Å². The number of aromatic nitrogens is 1. The number of hydrogen-bond donors (Lipinski definition) is 1. The molecule has 140 valence electrons. The van der Waals surface area contributed by atoms with E-state index < -0.39 is 0 Å². The molecule has 0 saturated carbocycles. The number of carbonyl (C=O) groups is 1. The van der Waals surface area contributed by atoms with Crippen molar-refractivity contribution in [2.24, 2.45) is 0 Å². The monoisotopic (exact) mass is 392 g/mol. The molecular formula is C23H18ClFN2O. The Balaban J connectivity index is 1.72. The van der Waals surface area contributed by atoms with E-state index in [2.05, 4.69) is 16.8 Å². The van der Waals surface area contributed by atoms with Crippen molar-refractivity contribution in [3.8, 4) is 11.3 Å². The minimum atomic E-state index is -0.266. The highest BCUT2D eigenvalue weighted by molar-refractivity contribution is 6.34. The average Bonchev–Trinajstić information content (AvgIpc) is 3.06. The third kappa shape index (κ3) is 3.39. The Hall–Kier alpha value is -3.11. The van der Waals surface area contributed by atoms with Crippen LogP contribution in [-0.2, 0) is 6.54 Å². The number of aryl methyl sites for hydroxylation is 1. The van der Waals surface area contributed by atoms with Gasteiger partial charge in [-0.2, -0.15) is 0 Å². The summed E-state index contributed by atoms with van der Waals surface area (Å²) in [6.45, 7) is 2.80. The molecule has 1 N–H and O–H groups in total. The van der Waals surface area contributed by atoms with Crippen molar-refractivity contribution in [1.29, 1.82) is 0 Å². The first-order valence-corrected chi connectivity index (χ1v) is 9.39. The summed E-state index contributed by atoms with van der Waals surface area (Å²) in [5, 5.41) is 4.27. The van der Waals surface area contributed by atoms with Crippen LogP contribution in [0.1, 0.15) is 17.3 Å². The van der Waals surface area contributed by atoms with Crippen molar-refractivity contribution >= 4 is 34.1 Å². The number of halogens is 2. The zero-order chi connectivity index (χ0) is 19.7. The lowest BCUT2D eigenvalue weighted by Gasteiger charge is -2.09. The quantitative estimate of drug-likeness (QED) is 0.430. The number of anilines is 1. The van der Waals surface area contributed by atoms with E-state index in [0.29, 0.717) is 16.3 Å². The van der Waals surface area contributed by atoms with E-state index in [1.807, 2.05) is 30.3 Å². The van der Waals surface area contributed by atoms with Gasteiger partial charge in [0.15, 0.2) is 0 Å². The Morgan fingerprint density at radius 2 is 1.86 bits per heavy atom. The van der Waals surface area contributed by atoms with Crippen LogP contribution in [0.15, 0.2) is 72.8 Å². The van der Waals surface area contributed by atoms with Gasteiger partial charge in [0.2, 0.25) is 0 Å². The summed E-state index contributed by atoms with van der Waals surface area (Å²) in [4.78, 5) is 12.5. The lowest BCUT2D eigenvalue weighted by atomic mass is 10.1. The topological polar surface area (TPSA) is 34.0 Å². The zero-order valence-corrected chi connectivity index (χ0v) is 16.0. The van der Waals surface area contributed by atoms with Crippen molar-refractivity contribution in [1.82, 2.24) is 4.57 Å². The number of hydrogen-bond acceptors (Lipinski definition) is 1. The number of carbonyl (C=O) groups excluding carboxylic acids is 1. The second-order valence-electron chi connectivity index (χ2n) is 6.49. The van der Waals surface area contributed by atoms with Crippen LogP contribution >= 0.6 is 11.6 Å². The maximum Gasteiger partial charge on any atom is 0.257 e. The normalized spacial score (nSPS) is 11.0. The summed E-state index contributed by atoms with van der Waals surface area (Å²) in [6, 6.07) is 21.2. The SMILES string of the molecule is CCn1c(-c2cccc(F)c2)cc2cc(NC(=O)c3ccccc3Cl)ccc21. The zero-order valence-electron chi connectivity index (χ0n) is 15.2. The van der Waals surface area contributed by atoms with Crippen molar-refractivity contribution in [2.45, 2.75) is 13.5 Å². The molecule has 1 amide bonds. The lowest BCUT2D eigenvalue weighted by Crippen LogP contribution is -2.12. The Bertz CT molecular complexity index is 1180. The van der Waals surface area contributed by atoms with Gasteiger partial charge in [0, 0.05) is 34.4 Å². The Labute approximate surface area is 167 Å². The minimum Gasteiger partial charge on any atom is -0.341 e. The van der Waals surface area contributed by atoms with Gasteiger partial charge in [0.05, 0.1) is 10.6 Å². The van der Waals surface area contributed by atoms with E-state index in [1.165, 1.54) is 12.1 Å². The van der Waals surface area contributed by atoms with Gasteiger partial charge in [-0.05, 0) is 55.5 Å². The molecule has 4 rings (SSSR count). The predicted octanol–water partition coefficient (Wildman–Crippen LogP) is 6.37. The molecule has 0 aliphatic carbocycles. The Kier molecular flexibility index (Phi) is 4.88.